The van der Waals surface area contributed by atoms with Gasteiger partial charge in [0.25, 0.3) is 10.0 Å². The molecule has 0 spiro atoms. The van der Waals surface area contributed by atoms with Crippen molar-refractivity contribution in [1.82, 2.24) is 10.2 Å². The van der Waals surface area contributed by atoms with Gasteiger partial charge in [-0.1, -0.05) is 109 Å². The van der Waals surface area contributed by atoms with E-state index in [1.807, 2.05) is 67.6 Å². The third kappa shape index (κ3) is 10.1. The third-order valence-electron chi connectivity index (χ3n) is 8.17. The van der Waals surface area contributed by atoms with Crippen LogP contribution in [0.4, 0.5) is 5.69 Å². The predicted octanol–water partition coefficient (Wildman–Crippen LogP) is 8.54. The van der Waals surface area contributed by atoms with Gasteiger partial charge in [-0.2, -0.15) is 0 Å². The summed E-state index contributed by atoms with van der Waals surface area (Å²) in [6, 6.07) is 36.9. The quantitative estimate of drug-likeness (QED) is 0.102. The van der Waals surface area contributed by atoms with Gasteiger partial charge in [0, 0.05) is 29.6 Å². The minimum atomic E-state index is -4.26. The molecule has 1 N–H and O–H groups in total. The van der Waals surface area contributed by atoms with Gasteiger partial charge in [-0.05, 0) is 78.2 Å². The molecule has 11 heteroatoms. The molecule has 0 saturated heterocycles. The molecular weight excluding hydrogens is 705 g/mol. The number of hydrogen-bond donors (Lipinski definition) is 1. The summed E-state index contributed by atoms with van der Waals surface area (Å²) in [5, 5.41) is 3.71. The number of unbranched alkanes of at least 4 members (excludes halogenated alkanes) is 1. The number of benzene rings is 5. The Labute approximate surface area is 309 Å². The van der Waals surface area contributed by atoms with Gasteiger partial charge in [-0.3, -0.25) is 13.9 Å². The van der Waals surface area contributed by atoms with E-state index in [1.165, 1.54) is 17.0 Å². The lowest BCUT2D eigenvalue weighted by atomic mass is 10.0. The first-order valence-corrected chi connectivity index (χ1v) is 18.8. The van der Waals surface area contributed by atoms with Crippen LogP contribution < -0.4 is 14.4 Å². The van der Waals surface area contributed by atoms with E-state index in [0.717, 1.165) is 22.7 Å². The Morgan fingerprint density at radius 3 is 2.02 bits per heavy atom. The molecule has 0 aromatic heterocycles. The van der Waals surface area contributed by atoms with Gasteiger partial charge in [0.05, 0.1) is 10.6 Å². The molecule has 5 aromatic carbocycles. The van der Waals surface area contributed by atoms with Crippen LogP contribution in [-0.4, -0.2) is 44.3 Å². The second kappa shape index (κ2) is 17.9. The number of rotatable bonds is 16. The maximum Gasteiger partial charge on any atom is 0.264 e. The summed E-state index contributed by atoms with van der Waals surface area (Å²) >= 11 is 12.8. The molecule has 0 radical (unpaired) electrons. The average Bonchev–Trinajstić information content (AvgIpc) is 3.14. The Morgan fingerprint density at radius 1 is 0.784 bits per heavy atom. The first-order valence-electron chi connectivity index (χ1n) is 16.6. The summed E-state index contributed by atoms with van der Waals surface area (Å²) in [5.41, 5.74) is 1.62. The normalized spacial score (nSPS) is 11.7. The van der Waals surface area contributed by atoms with Crippen molar-refractivity contribution < 1.29 is 22.7 Å². The van der Waals surface area contributed by atoms with Crippen molar-refractivity contribution in [2.75, 3.05) is 17.4 Å². The van der Waals surface area contributed by atoms with Gasteiger partial charge in [0.1, 0.15) is 24.1 Å². The molecule has 0 aliphatic heterocycles. The van der Waals surface area contributed by atoms with Crippen LogP contribution in [0.25, 0.3) is 0 Å². The maximum absolute atomic E-state index is 14.7. The van der Waals surface area contributed by atoms with E-state index in [4.69, 9.17) is 27.9 Å². The molecule has 0 saturated carbocycles. The number of ether oxygens (including phenoxy) is 1. The highest BCUT2D eigenvalue weighted by Crippen LogP contribution is 2.30. The number of hydrogen-bond acceptors (Lipinski definition) is 5. The van der Waals surface area contributed by atoms with E-state index in [-0.39, 0.29) is 29.5 Å². The molecule has 0 bridgehead atoms. The molecule has 51 heavy (non-hydrogen) atoms. The number of nitrogens with zero attached hydrogens (tertiary/aromatic N) is 2. The number of carbonyl (C=O) groups is 2. The van der Waals surface area contributed by atoms with Crippen LogP contribution in [0, 0.1) is 0 Å². The van der Waals surface area contributed by atoms with E-state index in [1.54, 1.807) is 60.7 Å². The second-order valence-corrected chi connectivity index (χ2v) is 14.5. The van der Waals surface area contributed by atoms with E-state index in [9.17, 15) is 18.0 Å². The van der Waals surface area contributed by atoms with Gasteiger partial charge < -0.3 is 15.0 Å². The summed E-state index contributed by atoms with van der Waals surface area (Å²) in [6.45, 7) is 1.77. The standard InChI is InChI=1S/C40H39Cl2N3O5S/c1-2-3-25-43-40(47)38(26-30-13-7-4-8-14-30)44(28-31-19-20-32(41)27-37(31)42)39(46)29-45(51(48,49)36-17-11-6-12-18-36)33-21-23-35(24-22-33)50-34-15-9-5-10-16-34/h4-24,27,38H,2-3,25-26,28-29H2,1H3,(H,43,47). The summed E-state index contributed by atoms with van der Waals surface area (Å²) in [6.07, 6.45) is 1.81. The van der Waals surface area contributed by atoms with Gasteiger partial charge in [-0.15, -0.1) is 0 Å². The molecule has 1 unspecified atom stereocenters. The van der Waals surface area contributed by atoms with Crippen molar-refractivity contribution >= 4 is 50.7 Å². The summed E-state index contributed by atoms with van der Waals surface area (Å²) in [7, 11) is -4.26. The zero-order valence-electron chi connectivity index (χ0n) is 28.1. The van der Waals surface area contributed by atoms with Crippen LogP contribution in [0.15, 0.2) is 138 Å². The van der Waals surface area contributed by atoms with Crippen LogP contribution in [-0.2, 0) is 32.6 Å². The summed E-state index contributed by atoms with van der Waals surface area (Å²) in [4.78, 5) is 30.1. The molecule has 0 aliphatic rings. The number of anilines is 1. The van der Waals surface area contributed by atoms with Crippen molar-refractivity contribution in [1.29, 1.82) is 0 Å². The zero-order valence-corrected chi connectivity index (χ0v) is 30.4. The Morgan fingerprint density at radius 2 is 1.39 bits per heavy atom. The lowest BCUT2D eigenvalue weighted by Gasteiger charge is -2.34. The fourth-order valence-electron chi connectivity index (χ4n) is 5.45. The molecule has 5 rings (SSSR count). The van der Waals surface area contributed by atoms with Crippen molar-refractivity contribution in [3.05, 3.63) is 155 Å². The fourth-order valence-corrected chi connectivity index (χ4v) is 7.35. The van der Waals surface area contributed by atoms with Crippen molar-refractivity contribution in [3.8, 4) is 11.5 Å². The molecule has 0 heterocycles. The predicted molar refractivity (Wildman–Crippen MR) is 203 cm³/mol. The van der Waals surface area contributed by atoms with Crippen LogP contribution in [0.2, 0.25) is 10.0 Å². The van der Waals surface area contributed by atoms with Crippen LogP contribution in [0.5, 0.6) is 11.5 Å². The monoisotopic (exact) mass is 743 g/mol. The SMILES string of the molecule is CCCCNC(=O)C(Cc1ccccc1)N(Cc1ccc(Cl)cc1Cl)C(=O)CN(c1ccc(Oc2ccccc2)cc1)S(=O)(=O)c1ccccc1. The Balaban J connectivity index is 1.55. The first-order chi connectivity index (χ1) is 24.7. The van der Waals surface area contributed by atoms with Crippen molar-refractivity contribution in [2.24, 2.45) is 0 Å². The smallest absolute Gasteiger partial charge is 0.264 e. The summed E-state index contributed by atoms with van der Waals surface area (Å²) < 4.78 is 35.6. The van der Waals surface area contributed by atoms with Gasteiger partial charge in [-0.25, -0.2) is 8.42 Å². The molecule has 0 fully saturated rings. The number of sulfonamides is 1. The molecule has 2 amide bonds. The highest BCUT2D eigenvalue weighted by molar-refractivity contribution is 7.92. The van der Waals surface area contributed by atoms with Crippen LogP contribution >= 0.6 is 23.2 Å². The summed E-state index contributed by atoms with van der Waals surface area (Å²) in [5.74, 6) is 0.147. The lowest BCUT2D eigenvalue weighted by Crippen LogP contribution is -2.53. The Hall–Kier alpha value is -4.83. The molecule has 1 atom stereocenters. The highest BCUT2D eigenvalue weighted by Gasteiger charge is 2.35. The largest absolute Gasteiger partial charge is 0.457 e. The minimum absolute atomic E-state index is 0.00727. The lowest BCUT2D eigenvalue weighted by molar-refractivity contribution is -0.140. The van der Waals surface area contributed by atoms with Crippen LogP contribution in [0.3, 0.4) is 0 Å². The number of nitrogens with one attached hydrogen (secondary N) is 1. The van der Waals surface area contributed by atoms with E-state index >= 15 is 0 Å². The van der Waals surface area contributed by atoms with Gasteiger partial charge in [0.15, 0.2) is 0 Å². The van der Waals surface area contributed by atoms with E-state index in [2.05, 4.69) is 5.32 Å². The maximum atomic E-state index is 14.7. The Bertz CT molecular complexity index is 2000. The molecule has 0 aliphatic carbocycles. The number of para-hydroxylation sites is 1. The van der Waals surface area contributed by atoms with Crippen molar-refractivity contribution in [2.45, 2.75) is 43.7 Å². The molecular formula is C40H39Cl2N3O5S. The number of halogens is 2. The molecule has 8 nitrogen and oxygen atoms in total. The number of amides is 2. The van der Waals surface area contributed by atoms with E-state index in [0.29, 0.717) is 33.7 Å². The fraction of sp³-hybridized carbons (Fsp3) is 0.200. The molecule has 264 valence electrons. The minimum Gasteiger partial charge on any atom is -0.457 e. The topological polar surface area (TPSA) is 96.0 Å². The first kappa shape index (κ1) is 37.4. The van der Waals surface area contributed by atoms with Crippen molar-refractivity contribution in [3.63, 3.8) is 0 Å². The second-order valence-electron chi connectivity index (χ2n) is 11.8. The third-order valence-corrected chi connectivity index (χ3v) is 10.5. The van der Waals surface area contributed by atoms with Gasteiger partial charge >= 0.3 is 0 Å². The number of carbonyl (C=O) groups excluding carboxylic acids is 2. The van der Waals surface area contributed by atoms with E-state index < -0.39 is 28.5 Å². The highest BCUT2D eigenvalue weighted by atomic mass is 35.5. The average molecular weight is 745 g/mol. The van der Waals surface area contributed by atoms with Gasteiger partial charge in [0.2, 0.25) is 11.8 Å². The Kier molecular flexibility index (Phi) is 13.1. The zero-order chi connectivity index (χ0) is 36.2. The molecule has 5 aromatic rings. The van der Waals surface area contributed by atoms with Crippen LogP contribution in [0.1, 0.15) is 30.9 Å².